The molecule has 0 radical (unpaired) electrons. The van der Waals surface area contributed by atoms with Crippen LogP contribution in [-0.2, 0) is 9.59 Å². The molecule has 25 heavy (non-hydrogen) atoms. The number of aromatic amines is 1. The summed E-state index contributed by atoms with van der Waals surface area (Å²) in [7, 11) is 0. The zero-order chi connectivity index (χ0) is 18.0. The van der Waals surface area contributed by atoms with Crippen molar-refractivity contribution in [3.8, 4) is 0 Å². The number of hydrogen-bond donors (Lipinski definition) is 1. The van der Waals surface area contributed by atoms with Crippen LogP contribution in [0.4, 0.5) is 10.5 Å². The Morgan fingerprint density at radius 3 is 2.24 bits per heavy atom. The molecule has 0 atom stereocenters. The van der Waals surface area contributed by atoms with E-state index >= 15 is 0 Å². The van der Waals surface area contributed by atoms with Crippen molar-refractivity contribution in [2.24, 2.45) is 5.92 Å². The Morgan fingerprint density at radius 1 is 1.04 bits per heavy atom. The summed E-state index contributed by atoms with van der Waals surface area (Å²) in [5, 5.41) is 0. The van der Waals surface area contributed by atoms with Gasteiger partial charge in [0.1, 0.15) is 0 Å². The summed E-state index contributed by atoms with van der Waals surface area (Å²) in [6.07, 6.45) is 3.79. The molecule has 4 amide bonds. The number of amides is 4. The summed E-state index contributed by atoms with van der Waals surface area (Å²) < 4.78 is 0. The van der Waals surface area contributed by atoms with E-state index in [1.54, 1.807) is 0 Å². The van der Waals surface area contributed by atoms with Crippen LogP contribution in [0.2, 0.25) is 0 Å². The van der Waals surface area contributed by atoms with Gasteiger partial charge in [0.2, 0.25) is 0 Å². The third kappa shape index (κ3) is 3.63. The van der Waals surface area contributed by atoms with E-state index in [0.29, 0.717) is 0 Å². The lowest BCUT2D eigenvalue weighted by molar-refractivity contribution is -0.907. The number of aromatic nitrogens is 1. The quantitative estimate of drug-likeness (QED) is 0.525. The molecular formula is C17H25N5O3+2. The van der Waals surface area contributed by atoms with Gasteiger partial charge in [0.15, 0.2) is 19.1 Å². The van der Waals surface area contributed by atoms with Gasteiger partial charge in [0.25, 0.3) is 0 Å². The molecule has 1 aromatic heterocycles. The predicted octanol–water partition coefficient (Wildman–Crippen LogP) is -1.39. The monoisotopic (exact) mass is 347 g/mol. The normalized spacial score (nSPS) is 19.5. The Kier molecular flexibility index (Phi) is 4.98. The fourth-order valence-electron chi connectivity index (χ4n) is 3.27. The maximum Gasteiger partial charge on any atom is 0.338 e. The van der Waals surface area contributed by atoms with Crippen LogP contribution in [0.3, 0.4) is 0 Å². The molecule has 8 nitrogen and oxygen atoms in total. The number of urea groups is 1. The van der Waals surface area contributed by atoms with Gasteiger partial charge < -0.3 is 9.80 Å². The Hall–Kier alpha value is -2.48. The molecule has 3 rings (SSSR count). The van der Waals surface area contributed by atoms with Crippen LogP contribution < -0.4 is 14.8 Å². The van der Waals surface area contributed by atoms with Gasteiger partial charge in [0.05, 0.1) is 26.2 Å². The van der Waals surface area contributed by atoms with Crippen molar-refractivity contribution in [3.63, 3.8) is 0 Å². The van der Waals surface area contributed by atoms with Crippen molar-refractivity contribution in [1.29, 1.82) is 0 Å². The fourth-order valence-corrected chi connectivity index (χ4v) is 3.27. The van der Waals surface area contributed by atoms with Crippen LogP contribution in [0.1, 0.15) is 13.8 Å². The maximum atomic E-state index is 12.4. The van der Waals surface area contributed by atoms with E-state index in [-0.39, 0.29) is 19.1 Å². The fraction of sp³-hybridized carbons (Fsp3) is 0.529. The van der Waals surface area contributed by atoms with Crippen LogP contribution in [0, 0.1) is 5.92 Å². The second-order valence-electron chi connectivity index (χ2n) is 6.98. The van der Waals surface area contributed by atoms with E-state index in [1.165, 1.54) is 0 Å². The molecule has 2 aliphatic rings. The summed E-state index contributed by atoms with van der Waals surface area (Å²) >= 11 is 0. The third-order valence-electron chi connectivity index (χ3n) is 4.60. The number of piperazine rings is 1. The van der Waals surface area contributed by atoms with Crippen LogP contribution in [0.5, 0.6) is 0 Å². The molecule has 2 saturated heterocycles. The van der Waals surface area contributed by atoms with E-state index in [2.05, 4.69) is 9.88 Å². The van der Waals surface area contributed by atoms with Crippen LogP contribution in [0.25, 0.3) is 0 Å². The Balaban J connectivity index is 1.58. The molecule has 0 unspecified atom stereocenters. The second kappa shape index (κ2) is 7.18. The van der Waals surface area contributed by atoms with Crippen molar-refractivity contribution < 1.29 is 24.3 Å². The minimum Gasteiger partial charge on any atom is -0.360 e. The molecule has 2 N–H and O–H groups in total. The SMILES string of the molecule is CC(C)CN1C(=O)C(=O)N(C[NH+]2CCN(c3cc[nH+]cc3)CC2)C1=O. The zero-order valence-corrected chi connectivity index (χ0v) is 14.7. The van der Waals surface area contributed by atoms with Gasteiger partial charge in [-0.1, -0.05) is 13.8 Å². The first kappa shape index (κ1) is 17.3. The van der Waals surface area contributed by atoms with E-state index in [4.69, 9.17) is 0 Å². The van der Waals surface area contributed by atoms with Crippen LogP contribution in [-0.4, -0.2) is 67.0 Å². The maximum absolute atomic E-state index is 12.4. The van der Waals surface area contributed by atoms with Crippen LogP contribution in [0.15, 0.2) is 24.5 Å². The molecular weight excluding hydrogens is 322 g/mol. The van der Waals surface area contributed by atoms with Gasteiger partial charge in [-0.25, -0.2) is 14.7 Å². The number of hydrogen-bond acceptors (Lipinski definition) is 4. The highest BCUT2D eigenvalue weighted by atomic mass is 16.2. The molecule has 0 aliphatic carbocycles. The Morgan fingerprint density at radius 2 is 1.64 bits per heavy atom. The summed E-state index contributed by atoms with van der Waals surface area (Å²) in [5.74, 6) is -1.25. The largest absolute Gasteiger partial charge is 0.360 e. The van der Waals surface area contributed by atoms with Crippen molar-refractivity contribution in [2.45, 2.75) is 13.8 Å². The molecule has 2 aliphatic heterocycles. The summed E-state index contributed by atoms with van der Waals surface area (Å²) in [6.45, 7) is 7.70. The minimum atomic E-state index is -0.697. The smallest absolute Gasteiger partial charge is 0.338 e. The first-order chi connectivity index (χ1) is 12.0. The molecule has 134 valence electrons. The first-order valence-corrected chi connectivity index (χ1v) is 8.69. The van der Waals surface area contributed by atoms with E-state index in [0.717, 1.165) is 46.6 Å². The molecule has 0 spiro atoms. The van der Waals surface area contributed by atoms with Crippen molar-refractivity contribution in [3.05, 3.63) is 24.5 Å². The lowest BCUT2D eigenvalue weighted by atomic mass is 10.2. The third-order valence-corrected chi connectivity index (χ3v) is 4.60. The summed E-state index contributed by atoms with van der Waals surface area (Å²) in [6, 6.07) is 3.58. The highest BCUT2D eigenvalue weighted by molar-refractivity contribution is 6.44. The van der Waals surface area contributed by atoms with E-state index < -0.39 is 17.8 Å². The van der Waals surface area contributed by atoms with E-state index in [1.807, 2.05) is 38.4 Å². The van der Waals surface area contributed by atoms with E-state index in [9.17, 15) is 14.4 Å². The number of anilines is 1. The molecule has 2 fully saturated rings. The minimum absolute atomic E-state index is 0.139. The zero-order valence-electron chi connectivity index (χ0n) is 14.7. The number of quaternary nitrogens is 1. The second-order valence-corrected chi connectivity index (χ2v) is 6.98. The summed E-state index contributed by atoms with van der Waals surface area (Å²) in [5.41, 5.74) is 1.16. The number of H-pyrrole nitrogens is 1. The molecule has 1 aromatic rings. The average molecular weight is 347 g/mol. The highest BCUT2D eigenvalue weighted by Crippen LogP contribution is 2.13. The molecule has 0 aromatic carbocycles. The van der Waals surface area contributed by atoms with Gasteiger partial charge in [-0.2, -0.15) is 0 Å². The van der Waals surface area contributed by atoms with Crippen molar-refractivity contribution in [2.75, 3.05) is 44.3 Å². The van der Waals surface area contributed by atoms with Gasteiger partial charge in [-0.3, -0.25) is 14.5 Å². The van der Waals surface area contributed by atoms with Gasteiger partial charge >= 0.3 is 17.8 Å². The predicted molar refractivity (Wildman–Crippen MR) is 89.6 cm³/mol. The summed E-state index contributed by atoms with van der Waals surface area (Å²) in [4.78, 5) is 45.2. The lowest BCUT2D eigenvalue weighted by Crippen LogP contribution is -3.16. The number of carbonyl (C=O) groups is 3. The first-order valence-electron chi connectivity index (χ1n) is 8.69. The number of rotatable bonds is 5. The van der Waals surface area contributed by atoms with Crippen molar-refractivity contribution >= 4 is 23.5 Å². The number of nitrogens with zero attached hydrogens (tertiary/aromatic N) is 3. The van der Waals surface area contributed by atoms with Gasteiger partial charge in [-0.15, -0.1) is 0 Å². The molecule has 0 bridgehead atoms. The Labute approximate surface area is 147 Å². The molecule has 8 heteroatoms. The molecule has 0 saturated carbocycles. The number of imide groups is 2. The number of carbonyl (C=O) groups excluding carboxylic acids is 3. The standard InChI is InChI=1S/C17H23N5O3/c1-13(2)11-21-15(23)16(24)22(17(21)25)12-19-7-9-20(10-8-19)14-3-5-18-6-4-14/h3-6,13H,7-12H2,1-2H3/p+2. The molecule has 3 heterocycles. The van der Waals surface area contributed by atoms with Gasteiger partial charge in [0, 0.05) is 24.4 Å². The van der Waals surface area contributed by atoms with Gasteiger partial charge in [-0.05, 0) is 5.92 Å². The number of pyridine rings is 1. The average Bonchev–Trinajstić information content (AvgIpc) is 2.81. The topological polar surface area (TPSA) is 79.5 Å². The number of nitrogens with one attached hydrogen (secondary N) is 2. The van der Waals surface area contributed by atoms with Crippen molar-refractivity contribution in [1.82, 2.24) is 9.80 Å². The highest BCUT2D eigenvalue weighted by Gasteiger charge is 2.46. The Bertz CT molecular complexity index is 656. The van der Waals surface area contributed by atoms with Crippen LogP contribution >= 0.6 is 0 Å². The lowest BCUT2D eigenvalue weighted by Gasteiger charge is -2.34.